The number of aromatic nitrogens is 5. The molecule has 0 bridgehead atoms. The van der Waals surface area contributed by atoms with Gasteiger partial charge in [-0.15, -0.1) is 0 Å². The van der Waals surface area contributed by atoms with E-state index in [0.717, 1.165) is 0 Å². The first kappa shape index (κ1) is 22.6. The van der Waals surface area contributed by atoms with Crippen LogP contribution in [0.3, 0.4) is 0 Å². The lowest BCUT2D eigenvalue weighted by atomic mass is 10.1. The van der Waals surface area contributed by atoms with E-state index in [0.29, 0.717) is 57.5 Å². The summed E-state index contributed by atoms with van der Waals surface area (Å²) in [5.41, 5.74) is 7.48. The van der Waals surface area contributed by atoms with E-state index in [9.17, 15) is 5.21 Å². The maximum atomic E-state index is 10.9. The third kappa shape index (κ3) is 5.23. The number of nitrogens with one attached hydrogen (secondary N) is 3. The molecule has 0 atom stereocenters. The molecule has 11 nitrogen and oxygen atoms in total. The minimum atomic E-state index is -0.331. The average Bonchev–Trinajstić information content (AvgIpc) is 3.31. The number of nitrogen functional groups attached to an aromatic ring is 1. The second kappa shape index (κ2) is 9.88. The highest BCUT2D eigenvalue weighted by Crippen LogP contribution is 2.35. The van der Waals surface area contributed by atoms with Gasteiger partial charge in [0, 0.05) is 42.3 Å². The van der Waals surface area contributed by atoms with Crippen molar-refractivity contribution in [2.75, 3.05) is 34.7 Å². The van der Waals surface area contributed by atoms with Gasteiger partial charge in [-0.1, -0.05) is 23.2 Å². The molecule has 1 aromatic carbocycles. The Labute approximate surface area is 198 Å². The molecule has 3 aromatic heterocycles. The summed E-state index contributed by atoms with van der Waals surface area (Å²) < 4.78 is 0. The van der Waals surface area contributed by atoms with E-state index in [1.165, 1.54) is 12.1 Å². The van der Waals surface area contributed by atoms with Gasteiger partial charge in [-0.2, -0.15) is 0 Å². The summed E-state index contributed by atoms with van der Waals surface area (Å²) >= 11 is 12.5. The predicted molar refractivity (Wildman–Crippen MR) is 128 cm³/mol. The quantitative estimate of drug-likeness (QED) is 0.181. The van der Waals surface area contributed by atoms with E-state index in [-0.39, 0.29) is 16.7 Å². The molecule has 0 aliphatic rings. The lowest BCUT2D eigenvalue weighted by Gasteiger charge is -2.22. The molecule has 4 rings (SSSR count). The highest BCUT2D eigenvalue weighted by molar-refractivity contribution is 6.36. The summed E-state index contributed by atoms with van der Waals surface area (Å²) in [5.74, 6) is 1.35. The van der Waals surface area contributed by atoms with Crippen molar-refractivity contribution in [3.05, 3.63) is 64.2 Å². The lowest BCUT2D eigenvalue weighted by Crippen LogP contribution is -2.17. The van der Waals surface area contributed by atoms with Crippen LogP contribution in [0, 0.1) is 5.21 Å². The fraction of sp³-hybridized carbons (Fsp3) is 0.100. The van der Waals surface area contributed by atoms with Crippen LogP contribution in [0.4, 0.5) is 23.3 Å². The molecular weight excluding hydrogens is 469 g/mol. The third-order valence-electron chi connectivity index (χ3n) is 4.55. The van der Waals surface area contributed by atoms with Gasteiger partial charge in [-0.05, 0) is 30.3 Å². The Morgan fingerprint density at radius 2 is 1.88 bits per heavy atom. The zero-order valence-corrected chi connectivity index (χ0v) is 18.5. The van der Waals surface area contributed by atoms with Gasteiger partial charge in [-0.3, -0.25) is 5.21 Å². The average molecular weight is 487 g/mol. The number of nitrogens with zero attached hydrogens (tertiary/aromatic N) is 5. The summed E-state index contributed by atoms with van der Waals surface area (Å²) in [4.78, 5) is 20.4. The molecule has 33 heavy (non-hydrogen) atoms. The predicted octanol–water partition coefficient (Wildman–Crippen LogP) is 4.04. The second-order valence-corrected chi connectivity index (χ2v) is 7.59. The van der Waals surface area contributed by atoms with Gasteiger partial charge in [-0.25, -0.2) is 19.9 Å². The Balaban J connectivity index is 1.49. The van der Waals surface area contributed by atoms with Gasteiger partial charge in [0.15, 0.2) is 5.82 Å². The molecule has 6 N–H and O–H groups in total. The molecule has 4 aromatic rings. The zero-order chi connectivity index (χ0) is 23.4. The van der Waals surface area contributed by atoms with Crippen LogP contribution in [0.5, 0.6) is 0 Å². The smallest absolute Gasteiger partial charge is 0.223 e. The molecule has 0 unspecified atom stereocenters. The third-order valence-corrected chi connectivity index (χ3v) is 5.10. The normalized spacial score (nSPS) is 10.8. The van der Waals surface area contributed by atoms with E-state index >= 15 is 0 Å². The van der Waals surface area contributed by atoms with Gasteiger partial charge in [0.1, 0.15) is 11.6 Å². The Morgan fingerprint density at radius 3 is 2.58 bits per heavy atom. The number of hydrogen-bond donors (Lipinski definition) is 5. The fourth-order valence-corrected chi connectivity index (χ4v) is 3.53. The van der Waals surface area contributed by atoms with Gasteiger partial charge < -0.3 is 31.8 Å². The van der Waals surface area contributed by atoms with Crippen LogP contribution in [0.15, 0.2) is 48.9 Å². The summed E-state index contributed by atoms with van der Waals surface area (Å²) in [6, 6.07) is 8.07. The van der Waals surface area contributed by atoms with Crippen molar-refractivity contribution >= 4 is 46.5 Å². The largest absolute Gasteiger partial charge is 0.733 e. The van der Waals surface area contributed by atoms with Crippen LogP contribution >= 0.6 is 23.2 Å². The minimum absolute atomic E-state index is 0.0909. The number of hydrogen-bond acceptors (Lipinski definition) is 10. The summed E-state index contributed by atoms with van der Waals surface area (Å²) in [6.07, 6.45) is 5.01. The zero-order valence-electron chi connectivity index (χ0n) is 17.0. The Kier molecular flexibility index (Phi) is 6.75. The highest BCUT2D eigenvalue weighted by atomic mass is 35.5. The molecule has 0 radical (unpaired) electrons. The van der Waals surface area contributed by atoms with Crippen molar-refractivity contribution in [3.63, 3.8) is 0 Å². The van der Waals surface area contributed by atoms with Crippen molar-refractivity contribution < 1.29 is 5.21 Å². The summed E-state index contributed by atoms with van der Waals surface area (Å²) in [5, 5.41) is 26.7. The van der Waals surface area contributed by atoms with Crippen molar-refractivity contribution in [2.24, 2.45) is 0 Å². The van der Waals surface area contributed by atoms with Crippen molar-refractivity contribution in [1.82, 2.24) is 24.9 Å². The van der Waals surface area contributed by atoms with Crippen LogP contribution in [0.2, 0.25) is 10.0 Å². The van der Waals surface area contributed by atoms with E-state index in [2.05, 4.69) is 35.6 Å². The van der Waals surface area contributed by atoms with Crippen LogP contribution in [-0.2, 0) is 0 Å². The number of halogens is 2. The highest BCUT2D eigenvalue weighted by Gasteiger charge is 2.16. The molecule has 0 amide bonds. The molecule has 0 aliphatic carbocycles. The maximum Gasteiger partial charge on any atom is 0.223 e. The van der Waals surface area contributed by atoms with Crippen molar-refractivity contribution in [1.29, 1.82) is 0 Å². The van der Waals surface area contributed by atoms with Gasteiger partial charge in [0.05, 0.1) is 22.0 Å². The Hall–Kier alpha value is -3.64. The number of benzene rings is 1. The van der Waals surface area contributed by atoms with E-state index in [4.69, 9.17) is 34.1 Å². The lowest BCUT2D eigenvalue weighted by molar-refractivity contribution is 0.297. The molecule has 0 saturated heterocycles. The van der Waals surface area contributed by atoms with Gasteiger partial charge in [0.25, 0.3) is 0 Å². The van der Waals surface area contributed by atoms with Crippen molar-refractivity contribution in [3.8, 4) is 22.6 Å². The fourth-order valence-electron chi connectivity index (χ4n) is 3.03. The Morgan fingerprint density at radius 1 is 1.06 bits per heavy atom. The Bertz CT molecular complexity index is 1250. The van der Waals surface area contributed by atoms with Gasteiger partial charge in [0.2, 0.25) is 5.95 Å². The van der Waals surface area contributed by atoms with E-state index in [1.54, 1.807) is 36.8 Å². The monoisotopic (exact) mass is 486 g/mol. The molecule has 0 spiro atoms. The number of anilines is 4. The summed E-state index contributed by atoms with van der Waals surface area (Å²) in [7, 11) is 0. The summed E-state index contributed by atoms with van der Waals surface area (Å²) in [6.45, 7) is 0.900. The van der Waals surface area contributed by atoms with Crippen LogP contribution in [0.25, 0.3) is 22.6 Å². The number of H-pyrrole nitrogens is 1. The van der Waals surface area contributed by atoms with Crippen molar-refractivity contribution in [2.45, 2.75) is 0 Å². The van der Waals surface area contributed by atoms with Crippen LogP contribution in [0.1, 0.15) is 0 Å². The molecule has 0 saturated carbocycles. The first-order chi connectivity index (χ1) is 15.9. The SMILES string of the molecule is Nc1nc(NCCNc2ncc(-c3ncc[nH]3)c(-c3ccc(Cl)cc3Cl)n2)ccc1N([O-])O. The first-order valence-electron chi connectivity index (χ1n) is 9.65. The number of aromatic amines is 1. The molecular formula is C20H18Cl2N9O2-. The minimum Gasteiger partial charge on any atom is -0.733 e. The first-order valence-corrected chi connectivity index (χ1v) is 10.4. The number of imidazole rings is 1. The molecule has 3 heterocycles. The van der Waals surface area contributed by atoms with Gasteiger partial charge >= 0.3 is 0 Å². The van der Waals surface area contributed by atoms with Crippen LogP contribution < -0.4 is 21.6 Å². The molecule has 170 valence electrons. The molecule has 13 heteroatoms. The second-order valence-electron chi connectivity index (χ2n) is 6.75. The topological polar surface area (TPSA) is 164 Å². The standard InChI is InChI=1S/C20H18Cl2N9O2/c21-11-1-2-12(14(22)9-11)17-13(19-25-6-7-26-19)10-28-20(30-17)27-8-5-24-16-4-3-15(31(32)33)18(23)29-16/h1-4,6-7,9-10,32H,5,8H2,(H,25,26)(H3,23,24,29)(H,27,28,30)/q-1. The number of pyridine rings is 1. The number of nitrogens with two attached hydrogens (primary N) is 1. The van der Waals surface area contributed by atoms with Crippen LogP contribution in [-0.4, -0.2) is 43.2 Å². The maximum absolute atomic E-state index is 10.9. The molecule has 0 fully saturated rings. The number of rotatable bonds is 8. The molecule has 0 aliphatic heterocycles. The van der Waals surface area contributed by atoms with E-state index < -0.39 is 0 Å². The van der Waals surface area contributed by atoms with E-state index in [1.807, 2.05) is 0 Å².